The van der Waals surface area contributed by atoms with E-state index in [1.807, 2.05) is 13.8 Å². The molecule has 2 aromatic rings. The lowest BCUT2D eigenvalue weighted by molar-refractivity contribution is 0.0933. The van der Waals surface area contributed by atoms with E-state index >= 15 is 0 Å². The highest BCUT2D eigenvalue weighted by Gasteiger charge is 2.24. The van der Waals surface area contributed by atoms with Gasteiger partial charge in [0.1, 0.15) is 11.3 Å². The second kappa shape index (κ2) is 6.56. The van der Waals surface area contributed by atoms with Crippen molar-refractivity contribution < 1.29 is 4.79 Å². The highest BCUT2D eigenvalue weighted by atomic mass is 32.1. The molecule has 1 fully saturated rings. The zero-order valence-electron chi connectivity index (χ0n) is 13.0. The van der Waals surface area contributed by atoms with Gasteiger partial charge in [-0.2, -0.15) is 4.68 Å². The van der Waals surface area contributed by atoms with Gasteiger partial charge in [0, 0.05) is 10.9 Å². The Morgan fingerprint density at radius 3 is 2.64 bits per heavy atom. The third-order valence-corrected chi connectivity index (χ3v) is 5.54. The zero-order valence-corrected chi connectivity index (χ0v) is 13.8. The highest BCUT2D eigenvalue weighted by molar-refractivity contribution is 7.15. The molecule has 118 valence electrons. The molecular weight excluding hydrogens is 298 g/mol. The maximum Gasteiger partial charge on any atom is 0.254 e. The minimum atomic E-state index is -0.000694. The molecule has 3 rings (SSSR count). The van der Waals surface area contributed by atoms with Gasteiger partial charge < -0.3 is 5.32 Å². The van der Waals surface area contributed by atoms with E-state index in [1.54, 1.807) is 16.0 Å². The van der Waals surface area contributed by atoms with Crippen LogP contribution in [0.2, 0.25) is 0 Å². The van der Waals surface area contributed by atoms with Crippen molar-refractivity contribution in [2.45, 2.75) is 58.4 Å². The van der Waals surface area contributed by atoms with Gasteiger partial charge in [0.25, 0.3) is 5.91 Å². The van der Waals surface area contributed by atoms with Gasteiger partial charge >= 0.3 is 0 Å². The smallest absolute Gasteiger partial charge is 0.254 e. The molecule has 1 amide bonds. The third-order valence-electron chi connectivity index (χ3n) is 4.34. The summed E-state index contributed by atoms with van der Waals surface area (Å²) in [6.07, 6.45) is 8.64. The first kappa shape index (κ1) is 15.1. The van der Waals surface area contributed by atoms with Gasteiger partial charge in [-0.25, -0.2) is 0 Å². The fraction of sp³-hybridized carbons (Fsp3) is 0.600. The lowest BCUT2D eigenvalue weighted by atomic mass is 10.1. The van der Waals surface area contributed by atoms with E-state index in [0.29, 0.717) is 5.56 Å². The maximum absolute atomic E-state index is 12.8. The number of thiophene rings is 1. The van der Waals surface area contributed by atoms with Crippen molar-refractivity contribution in [3.63, 3.8) is 0 Å². The van der Waals surface area contributed by atoms with Crippen LogP contribution in [0.1, 0.15) is 59.3 Å². The lowest BCUT2D eigenvalue weighted by Crippen LogP contribution is -2.35. The molecule has 0 aliphatic heterocycles. The Bertz CT molecular complexity index is 641. The molecule has 6 nitrogen and oxygen atoms in total. The summed E-state index contributed by atoms with van der Waals surface area (Å²) in [5, 5.41) is 15.3. The number of aryl methyl sites for hydroxylation is 1. The number of carbonyl (C=O) groups excluding carboxylic acids is 1. The Hall–Kier alpha value is -1.76. The van der Waals surface area contributed by atoms with E-state index in [-0.39, 0.29) is 11.9 Å². The summed E-state index contributed by atoms with van der Waals surface area (Å²) in [7, 11) is 0. The number of nitrogens with one attached hydrogen (secondary N) is 1. The van der Waals surface area contributed by atoms with Crippen molar-refractivity contribution in [1.82, 2.24) is 25.5 Å². The molecule has 0 unspecified atom stereocenters. The van der Waals surface area contributed by atoms with Crippen LogP contribution in [-0.2, 0) is 0 Å². The normalized spacial score (nSPS) is 16.5. The van der Waals surface area contributed by atoms with Crippen molar-refractivity contribution in [3.8, 4) is 5.00 Å². The van der Waals surface area contributed by atoms with Crippen LogP contribution in [0.15, 0.2) is 6.33 Å². The molecule has 0 atom stereocenters. The first-order chi connectivity index (χ1) is 10.7. The zero-order chi connectivity index (χ0) is 15.5. The Kier molecular flexibility index (Phi) is 4.52. The van der Waals surface area contributed by atoms with E-state index in [0.717, 1.165) is 28.3 Å². The van der Waals surface area contributed by atoms with Gasteiger partial charge in [0.05, 0.1) is 5.56 Å². The molecule has 0 spiro atoms. The number of nitrogens with zero attached hydrogens (tertiary/aromatic N) is 4. The molecule has 1 aliphatic carbocycles. The number of rotatable bonds is 3. The third kappa shape index (κ3) is 3.04. The van der Waals surface area contributed by atoms with Gasteiger partial charge in [0.2, 0.25) is 0 Å². The van der Waals surface area contributed by atoms with Crippen molar-refractivity contribution in [2.75, 3.05) is 0 Å². The fourth-order valence-electron chi connectivity index (χ4n) is 2.97. The predicted octanol–water partition coefficient (Wildman–Crippen LogP) is 2.79. The number of hydrogen-bond acceptors (Lipinski definition) is 5. The van der Waals surface area contributed by atoms with Gasteiger partial charge in [-0.15, -0.1) is 16.4 Å². The average Bonchev–Trinajstić information content (AvgIpc) is 3.03. The van der Waals surface area contributed by atoms with Crippen LogP contribution in [0.3, 0.4) is 0 Å². The largest absolute Gasteiger partial charge is 0.349 e. The standard InChI is InChI=1S/C15H21N5OS/c1-10-11(2)22-15(20-9-16-18-19-20)13(10)14(21)17-12-7-5-3-4-6-8-12/h9,12H,3-8H2,1-2H3,(H,17,21). The van der Waals surface area contributed by atoms with E-state index in [4.69, 9.17) is 0 Å². The highest BCUT2D eigenvalue weighted by Crippen LogP contribution is 2.30. The summed E-state index contributed by atoms with van der Waals surface area (Å²) in [6, 6.07) is 0.288. The molecule has 1 saturated carbocycles. The first-order valence-corrected chi connectivity index (χ1v) is 8.62. The topological polar surface area (TPSA) is 72.7 Å². The Balaban J connectivity index is 1.85. The maximum atomic E-state index is 12.8. The van der Waals surface area contributed by atoms with E-state index < -0.39 is 0 Å². The second-order valence-electron chi connectivity index (χ2n) is 5.88. The van der Waals surface area contributed by atoms with Crippen LogP contribution >= 0.6 is 11.3 Å². The summed E-state index contributed by atoms with van der Waals surface area (Å²) < 4.78 is 1.58. The summed E-state index contributed by atoms with van der Waals surface area (Å²) in [6.45, 7) is 4.01. The second-order valence-corrected chi connectivity index (χ2v) is 7.08. The SMILES string of the molecule is Cc1sc(-n2cnnn2)c(C(=O)NC2CCCCCC2)c1C. The van der Waals surface area contributed by atoms with Crippen molar-refractivity contribution in [3.05, 3.63) is 22.3 Å². The number of amides is 1. The molecule has 2 heterocycles. The van der Waals surface area contributed by atoms with Crippen molar-refractivity contribution >= 4 is 17.2 Å². The van der Waals surface area contributed by atoms with E-state index in [2.05, 4.69) is 20.8 Å². The Labute approximate surface area is 133 Å². The monoisotopic (exact) mass is 319 g/mol. The molecule has 0 radical (unpaired) electrons. The number of carbonyl (C=O) groups is 1. The molecule has 0 aromatic carbocycles. The van der Waals surface area contributed by atoms with Crippen molar-refractivity contribution in [1.29, 1.82) is 0 Å². The Morgan fingerprint density at radius 2 is 2.00 bits per heavy atom. The van der Waals surface area contributed by atoms with Crippen LogP contribution in [0.4, 0.5) is 0 Å². The van der Waals surface area contributed by atoms with Crippen LogP contribution < -0.4 is 5.32 Å². The molecule has 2 aromatic heterocycles. The van der Waals surface area contributed by atoms with E-state index in [1.165, 1.54) is 32.0 Å². The average molecular weight is 319 g/mol. The molecule has 1 N–H and O–H groups in total. The van der Waals surface area contributed by atoms with Gasteiger partial charge in [-0.3, -0.25) is 4.79 Å². The molecule has 1 aliphatic rings. The summed E-state index contributed by atoms with van der Waals surface area (Å²) in [5.74, 6) is -0.000694. The van der Waals surface area contributed by atoms with E-state index in [9.17, 15) is 4.79 Å². The van der Waals surface area contributed by atoms with Crippen LogP contribution in [-0.4, -0.2) is 32.2 Å². The molecule has 7 heteroatoms. The van der Waals surface area contributed by atoms with Crippen LogP contribution in [0.25, 0.3) is 5.00 Å². The number of tetrazole rings is 1. The minimum Gasteiger partial charge on any atom is -0.349 e. The van der Waals surface area contributed by atoms with Crippen LogP contribution in [0.5, 0.6) is 0 Å². The molecule has 0 saturated heterocycles. The predicted molar refractivity (Wildman–Crippen MR) is 85.5 cm³/mol. The quantitative estimate of drug-likeness (QED) is 0.883. The fourth-order valence-corrected chi connectivity index (χ4v) is 4.04. The van der Waals surface area contributed by atoms with Crippen LogP contribution in [0, 0.1) is 13.8 Å². The number of hydrogen-bond donors (Lipinski definition) is 1. The van der Waals surface area contributed by atoms with Crippen molar-refractivity contribution in [2.24, 2.45) is 0 Å². The first-order valence-electron chi connectivity index (χ1n) is 7.81. The summed E-state index contributed by atoms with van der Waals surface area (Å²) in [4.78, 5) is 13.9. The summed E-state index contributed by atoms with van der Waals surface area (Å²) in [5.41, 5.74) is 1.72. The Morgan fingerprint density at radius 1 is 1.27 bits per heavy atom. The summed E-state index contributed by atoms with van der Waals surface area (Å²) >= 11 is 1.55. The molecular formula is C15H21N5OS. The molecule has 0 bridgehead atoms. The molecule has 22 heavy (non-hydrogen) atoms. The number of aromatic nitrogens is 4. The van der Waals surface area contributed by atoms with Gasteiger partial charge in [0.15, 0.2) is 0 Å². The van der Waals surface area contributed by atoms with Gasteiger partial charge in [-0.05, 0) is 42.7 Å². The van der Waals surface area contributed by atoms with Gasteiger partial charge in [-0.1, -0.05) is 25.7 Å². The minimum absolute atomic E-state index is 0.000694. The lowest BCUT2D eigenvalue weighted by Gasteiger charge is -2.16.